The van der Waals surface area contributed by atoms with Crippen LogP contribution in [0.3, 0.4) is 0 Å². The first-order chi connectivity index (χ1) is 9.60. The lowest BCUT2D eigenvalue weighted by atomic mass is 10.2. The number of hydrogen-bond acceptors (Lipinski definition) is 3. The fraction of sp³-hybridized carbons (Fsp3) is 0.133. The van der Waals surface area contributed by atoms with Crippen LogP contribution in [0.4, 0.5) is 0 Å². The van der Waals surface area contributed by atoms with Crippen LogP contribution in [-0.4, -0.2) is 12.1 Å². The highest BCUT2D eigenvalue weighted by Crippen LogP contribution is 2.29. The van der Waals surface area contributed by atoms with Crippen molar-refractivity contribution in [3.63, 3.8) is 0 Å². The van der Waals surface area contributed by atoms with Gasteiger partial charge in [0.15, 0.2) is 11.5 Å². The van der Waals surface area contributed by atoms with Crippen molar-refractivity contribution < 1.29 is 9.47 Å². The first-order valence-electron chi connectivity index (χ1n) is 5.95. The average Bonchev–Trinajstić information content (AvgIpc) is 2.44. The predicted octanol–water partition coefficient (Wildman–Crippen LogP) is 3.56. The van der Waals surface area contributed by atoms with Gasteiger partial charge in [0.1, 0.15) is 11.6 Å². The number of benzene rings is 2. The second kappa shape index (κ2) is 6.59. The summed E-state index contributed by atoms with van der Waals surface area (Å²) < 4.78 is 11.0. The fourth-order valence-electron chi connectivity index (χ4n) is 1.73. The molecule has 0 atom stereocenters. The molecule has 5 heteroatoms. The van der Waals surface area contributed by atoms with Crippen molar-refractivity contribution >= 4 is 28.8 Å². The van der Waals surface area contributed by atoms with Crippen LogP contribution in [0.25, 0.3) is 0 Å². The molecule has 0 saturated heterocycles. The minimum atomic E-state index is 0.320. The van der Waals surface area contributed by atoms with E-state index in [1.807, 2.05) is 24.3 Å². The molecule has 20 heavy (non-hydrogen) atoms. The number of rotatable bonds is 5. The Balaban J connectivity index is 2.19. The Hall–Kier alpha value is -1.78. The second-order valence-corrected chi connectivity index (χ2v) is 5.02. The molecular weight excluding hydrogens is 294 g/mol. The summed E-state index contributed by atoms with van der Waals surface area (Å²) in [4.78, 5) is 0.320. The summed E-state index contributed by atoms with van der Waals surface area (Å²) in [5.74, 6) is 1.23. The first-order valence-corrected chi connectivity index (χ1v) is 6.74. The maximum atomic E-state index is 5.94. The molecule has 0 radical (unpaired) electrons. The zero-order valence-electron chi connectivity index (χ0n) is 10.9. The van der Waals surface area contributed by atoms with Crippen molar-refractivity contribution in [3.8, 4) is 11.5 Å². The SMILES string of the molecule is COc1ccc(C(N)=S)cc1OCc1cccc(Cl)c1. The van der Waals surface area contributed by atoms with Crippen LogP contribution in [0, 0.1) is 0 Å². The molecule has 0 amide bonds. The molecule has 0 aromatic heterocycles. The van der Waals surface area contributed by atoms with Gasteiger partial charge in [0.05, 0.1) is 7.11 Å². The standard InChI is InChI=1S/C15H14ClNO2S/c1-18-13-6-5-11(15(17)20)8-14(13)19-9-10-3-2-4-12(16)7-10/h2-8H,9H2,1H3,(H2,17,20). The maximum absolute atomic E-state index is 5.94. The zero-order chi connectivity index (χ0) is 14.5. The third-order valence-corrected chi connectivity index (χ3v) is 3.20. The topological polar surface area (TPSA) is 44.5 Å². The predicted molar refractivity (Wildman–Crippen MR) is 84.7 cm³/mol. The Labute approximate surface area is 128 Å². The average molecular weight is 308 g/mol. The molecule has 104 valence electrons. The Kier molecular flexibility index (Phi) is 4.82. The number of hydrogen-bond donors (Lipinski definition) is 1. The van der Waals surface area contributed by atoms with Gasteiger partial charge in [-0.15, -0.1) is 0 Å². The summed E-state index contributed by atoms with van der Waals surface area (Å²) in [7, 11) is 1.59. The molecule has 0 bridgehead atoms. The minimum Gasteiger partial charge on any atom is -0.493 e. The molecule has 0 spiro atoms. The van der Waals surface area contributed by atoms with Crippen LogP contribution in [0.15, 0.2) is 42.5 Å². The molecule has 0 unspecified atom stereocenters. The highest BCUT2D eigenvalue weighted by atomic mass is 35.5. The molecule has 2 N–H and O–H groups in total. The van der Waals surface area contributed by atoms with Gasteiger partial charge in [0.25, 0.3) is 0 Å². The zero-order valence-corrected chi connectivity index (χ0v) is 12.5. The molecule has 0 fully saturated rings. The van der Waals surface area contributed by atoms with E-state index in [1.165, 1.54) is 0 Å². The van der Waals surface area contributed by atoms with Gasteiger partial charge in [-0.25, -0.2) is 0 Å². The van der Waals surface area contributed by atoms with Crippen molar-refractivity contribution in [1.29, 1.82) is 0 Å². The molecule has 2 aromatic rings. The van der Waals surface area contributed by atoms with Crippen LogP contribution in [-0.2, 0) is 6.61 Å². The number of nitrogens with two attached hydrogens (primary N) is 1. The third kappa shape index (κ3) is 3.62. The molecule has 2 rings (SSSR count). The highest BCUT2D eigenvalue weighted by Gasteiger charge is 2.07. The Bertz CT molecular complexity index is 631. The van der Waals surface area contributed by atoms with Gasteiger partial charge in [-0.1, -0.05) is 36.0 Å². The summed E-state index contributed by atoms with van der Waals surface area (Å²) >= 11 is 10.9. The third-order valence-electron chi connectivity index (χ3n) is 2.73. The van der Waals surface area contributed by atoms with Crippen LogP contribution in [0.1, 0.15) is 11.1 Å². The van der Waals surface area contributed by atoms with Crippen LogP contribution in [0.2, 0.25) is 5.02 Å². The summed E-state index contributed by atoms with van der Waals surface area (Å²) in [6.07, 6.45) is 0. The van der Waals surface area contributed by atoms with Gasteiger partial charge in [-0.3, -0.25) is 0 Å². The normalized spacial score (nSPS) is 10.1. The van der Waals surface area contributed by atoms with Gasteiger partial charge in [-0.2, -0.15) is 0 Å². The number of methoxy groups -OCH3 is 1. The Morgan fingerprint density at radius 3 is 2.65 bits per heavy atom. The molecule has 0 aliphatic rings. The van der Waals surface area contributed by atoms with Crippen molar-refractivity contribution in [2.45, 2.75) is 6.61 Å². The molecule has 0 aliphatic heterocycles. The van der Waals surface area contributed by atoms with Crippen LogP contribution < -0.4 is 15.2 Å². The molecule has 0 heterocycles. The van der Waals surface area contributed by atoms with E-state index in [9.17, 15) is 0 Å². The molecule has 0 saturated carbocycles. The van der Waals surface area contributed by atoms with Crippen molar-refractivity contribution in [1.82, 2.24) is 0 Å². The van der Waals surface area contributed by atoms with E-state index in [-0.39, 0.29) is 0 Å². The molecule has 0 aliphatic carbocycles. The Morgan fingerprint density at radius 2 is 2.00 bits per heavy atom. The van der Waals surface area contributed by atoms with E-state index >= 15 is 0 Å². The van der Waals surface area contributed by atoms with Gasteiger partial charge in [0, 0.05) is 10.6 Å². The van der Waals surface area contributed by atoms with E-state index in [1.54, 1.807) is 25.3 Å². The van der Waals surface area contributed by atoms with E-state index in [2.05, 4.69) is 0 Å². The second-order valence-electron chi connectivity index (χ2n) is 4.15. The van der Waals surface area contributed by atoms with Crippen LogP contribution >= 0.6 is 23.8 Å². The van der Waals surface area contributed by atoms with Gasteiger partial charge < -0.3 is 15.2 Å². The van der Waals surface area contributed by atoms with E-state index in [0.29, 0.717) is 28.1 Å². The number of ether oxygens (including phenoxy) is 2. The Morgan fingerprint density at radius 1 is 1.20 bits per heavy atom. The smallest absolute Gasteiger partial charge is 0.162 e. The first kappa shape index (κ1) is 14.6. The fourth-order valence-corrected chi connectivity index (χ4v) is 2.07. The monoisotopic (exact) mass is 307 g/mol. The summed E-state index contributed by atoms with van der Waals surface area (Å²) in [5, 5.41) is 0.676. The van der Waals surface area contributed by atoms with Crippen LogP contribution in [0.5, 0.6) is 11.5 Å². The largest absolute Gasteiger partial charge is 0.493 e. The summed E-state index contributed by atoms with van der Waals surface area (Å²) in [6, 6.07) is 12.8. The van der Waals surface area contributed by atoms with Crippen molar-refractivity contribution in [2.24, 2.45) is 5.73 Å². The molecule has 3 nitrogen and oxygen atoms in total. The van der Waals surface area contributed by atoms with Gasteiger partial charge in [-0.05, 0) is 35.9 Å². The lowest BCUT2D eigenvalue weighted by Crippen LogP contribution is -2.09. The lowest BCUT2D eigenvalue weighted by molar-refractivity contribution is 0.284. The summed E-state index contributed by atoms with van der Waals surface area (Å²) in [6.45, 7) is 0.387. The van der Waals surface area contributed by atoms with E-state index < -0.39 is 0 Å². The lowest BCUT2D eigenvalue weighted by Gasteiger charge is -2.12. The number of halogens is 1. The molecular formula is C15H14ClNO2S. The van der Waals surface area contributed by atoms with Gasteiger partial charge in [0.2, 0.25) is 0 Å². The number of thiocarbonyl (C=S) groups is 1. The van der Waals surface area contributed by atoms with E-state index in [4.69, 9.17) is 39.0 Å². The van der Waals surface area contributed by atoms with Gasteiger partial charge >= 0.3 is 0 Å². The van der Waals surface area contributed by atoms with Crippen molar-refractivity contribution in [2.75, 3.05) is 7.11 Å². The minimum absolute atomic E-state index is 0.320. The van der Waals surface area contributed by atoms with Crippen molar-refractivity contribution in [3.05, 3.63) is 58.6 Å². The summed E-state index contributed by atoms with van der Waals surface area (Å²) in [5.41, 5.74) is 7.33. The maximum Gasteiger partial charge on any atom is 0.162 e. The highest BCUT2D eigenvalue weighted by molar-refractivity contribution is 7.80. The molecule has 2 aromatic carbocycles. The quantitative estimate of drug-likeness (QED) is 0.858. The van der Waals surface area contributed by atoms with E-state index in [0.717, 1.165) is 11.1 Å².